The molecule has 0 aliphatic rings. The molecule has 0 amide bonds. The van der Waals surface area contributed by atoms with E-state index in [4.69, 9.17) is 14.2 Å². The van der Waals surface area contributed by atoms with Gasteiger partial charge in [-0.3, -0.25) is 0 Å². The van der Waals surface area contributed by atoms with E-state index < -0.39 is 5.97 Å². The van der Waals surface area contributed by atoms with Crippen molar-refractivity contribution in [2.45, 2.75) is 13.5 Å². The fourth-order valence-electron chi connectivity index (χ4n) is 2.98. The van der Waals surface area contributed by atoms with Gasteiger partial charge < -0.3 is 24.6 Å². The van der Waals surface area contributed by atoms with Crippen LogP contribution in [0.1, 0.15) is 22.8 Å². The number of esters is 1. The van der Waals surface area contributed by atoms with Crippen LogP contribution in [0.4, 0.5) is 5.00 Å². The Bertz CT molecular complexity index is 1050. The number of hydrogen-bond donors (Lipinski definition) is 2. The first-order chi connectivity index (χ1) is 14.5. The maximum atomic E-state index is 12.8. The van der Waals surface area contributed by atoms with Gasteiger partial charge >= 0.3 is 5.97 Å². The minimum Gasteiger partial charge on any atom is -0.508 e. The molecule has 2 N–H and O–H groups in total. The summed E-state index contributed by atoms with van der Waals surface area (Å²) in [5.41, 5.74) is 2.70. The van der Waals surface area contributed by atoms with E-state index in [0.717, 1.165) is 15.6 Å². The Hall–Kier alpha value is -2.71. The van der Waals surface area contributed by atoms with Crippen LogP contribution < -0.4 is 14.8 Å². The van der Waals surface area contributed by atoms with Crippen LogP contribution in [0, 0.1) is 0 Å². The molecule has 2 aromatic carbocycles. The highest BCUT2D eigenvalue weighted by molar-refractivity contribution is 9.10. The molecule has 0 fully saturated rings. The number of ether oxygens (including phenoxy) is 3. The highest BCUT2D eigenvalue weighted by atomic mass is 79.9. The second-order valence-corrected chi connectivity index (χ2v) is 8.07. The lowest BCUT2D eigenvalue weighted by molar-refractivity contribution is 0.0529. The molecule has 0 saturated heterocycles. The van der Waals surface area contributed by atoms with E-state index in [9.17, 15) is 9.90 Å². The van der Waals surface area contributed by atoms with E-state index in [1.165, 1.54) is 11.3 Å². The SMILES string of the molecule is CCOC(=O)c1c(-c2ccc(OC)c(OC)c2)csc1NCc1cc(Br)ccc1O. The molecule has 3 aromatic rings. The summed E-state index contributed by atoms with van der Waals surface area (Å²) in [5, 5.41) is 15.9. The van der Waals surface area contributed by atoms with Crippen LogP contribution in [0.25, 0.3) is 11.1 Å². The maximum Gasteiger partial charge on any atom is 0.341 e. The number of rotatable bonds is 8. The number of halogens is 1. The number of phenolic OH excluding ortho intramolecular Hbond substituents is 1. The quantitative estimate of drug-likeness (QED) is 0.394. The Kier molecular flexibility index (Phi) is 7.23. The molecule has 1 heterocycles. The maximum absolute atomic E-state index is 12.8. The molecule has 30 heavy (non-hydrogen) atoms. The Morgan fingerprint density at radius 1 is 1.13 bits per heavy atom. The Labute approximate surface area is 187 Å². The van der Waals surface area contributed by atoms with Gasteiger partial charge in [-0.1, -0.05) is 22.0 Å². The normalized spacial score (nSPS) is 10.5. The van der Waals surface area contributed by atoms with Crippen molar-refractivity contribution >= 4 is 38.2 Å². The van der Waals surface area contributed by atoms with Gasteiger partial charge in [0, 0.05) is 27.5 Å². The van der Waals surface area contributed by atoms with Crippen molar-refractivity contribution in [1.29, 1.82) is 0 Å². The molecule has 0 bridgehead atoms. The number of thiophene rings is 1. The number of benzene rings is 2. The van der Waals surface area contributed by atoms with Crippen molar-refractivity contribution in [3.05, 3.63) is 57.4 Å². The van der Waals surface area contributed by atoms with E-state index in [2.05, 4.69) is 21.2 Å². The topological polar surface area (TPSA) is 77.0 Å². The fourth-order valence-corrected chi connectivity index (χ4v) is 4.35. The van der Waals surface area contributed by atoms with E-state index in [1.54, 1.807) is 39.3 Å². The second kappa shape index (κ2) is 9.86. The molecule has 0 saturated carbocycles. The summed E-state index contributed by atoms with van der Waals surface area (Å²) in [4.78, 5) is 12.8. The number of carbonyl (C=O) groups excluding carboxylic acids is 1. The Morgan fingerprint density at radius 2 is 1.90 bits per heavy atom. The lowest BCUT2D eigenvalue weighted by Gasteiger charge is -2.12. The number of carbonyl (C=O) groups is 1. The Balaban J connectivity index is 1.98. The highest BCUT2D eigenvalue weighted by Crippen LogP contribution is 2.40. The first-order valence-corrected chi connectivity index (χ1v) is 10.9. The van der Waals surface area contributed by atoms with Crippen molar-refractivity contribution in [1.82, 2.24) is 0 Å². The van der Waals surface area contributed by atoms with Crippen LogP contribution in [0.2, 0.25) is 0 Å². The summed E-state index contributed by atoms with van der Waals surface area (Å²) < 4.78 is 16.9. The number of nitrogens with one attached hydrogen (secondary N) is 1. The molecule has 8 heteroatoms. The average molecular weight is 492 g/mol. The number of aromatic hydroxyl groups is 1. The van der Waals surface area contributed by atoms with E-state index in [1.807, 2.05) is 23.6 Å². The van der Waals surface area contributed by atoms with Crippen LogP contribution >= 0.6 is 27.3 Å². The van der Waals surface area contributed by atoms with Crippen molar-refractivity contribution < 1.29 is 24.1 Å². The minimum atomic E-state index is -0.413. The van der Waals surface area contributed by atoms with Gasteiger partial charge in [-0.2, -0.15) is 0 Å². The first-order valence-electron chi connectivity index (χ1n) is 9.20. The molecule has 0 spiro atoms. The zero-order valence-corrected chi connectivity index (χ0v) is 19.2. The van der Waals surface area contributed by atoms with Crippen molar-refractivity contribution in [2.75, 3.05) is 26.1 Å². The zero-order valence-electron chi connectivity index (χ0n) is 16.8. The van der Waals surface area contributed by atoms with Gasteiger partial charge in [0.05, 0.1) is 20.8 Å². The van der Waals surface area contributed by atoms with Crippen LogP contribution in [-0.4, -0.2) is 31.9 Å². The third kappa shape index (κ3) is 4.71. The molecule has 0 atom stereocenters. The van der Waals surface area contributed by atoms with Crippen LogP contribution in [0.5, 0.6) is 17.2 Å². The van der Waals surface area contributed by atoms with Gasteiger partial charge in [-0.25, -0.2) is 4.79 Å². The van der Waals surface area contributed by atoms with Gasteiger partial charge in [-0.05, 0) is 42.8 Å². The molecule has 0 radical (unpaired) electrons. The summed E-state index contributed by atoms with van der Waals surface area (Å²) in [6, 6.07) is 10.7. The van der Waals surface area contributed by atoms with Crippen molar-refractivity contribution in [3.63, 3.8) is 0 Å². The first kappa shape index (κ1) is 22.0. The van der Waals surface area contributed by atoms with E-state index >= 15 is 0 Å². The van der Waals surface area contributed by atoms with E-state index in [-0.39, 0.29) is 12.4 Å². The van der Waals surface area contributed by atoms with Crippen LogP contribution in [0.15, 0.2) is 46.3 Å². The number of hydrogen-bond acceptors (Lipinski definition) is 7. The van der Waals surface area contributed by atoms with Gasteiger partial charge in [0.2, 0.25) is 0 Å². The molecule has 6 nitrogen and oxygen atoms in total. The molecule has 158 valence electrons. The minimum absolute atomic E-state index is 0.181. The predicted octanol–water partition coefficient (Wildman–Crippen LogP) is 5.69. The van der Waals surface area contributed by atoms with Crippen LogP contribution in [0.3, 0.4) is 0 Å². The van der Waals surface area contributed by atoms with Crippen LogP contribution in [-0.2, 0) is 11.3 Å². The molecular formula is C22H22BrNO5S. The largest absolute Gasteiger partial charge is 0.508 e. The second-order valence-electron chi connectivity index (χ2n) is 6.27. The van der Waals surface area contributed by atoms with Gasteiger partial charge in [0.25, 0.3) is 0 Å². The molecule has 1 aromatic heterocycles. The number of anilines is 1. The smallest absolute Gasteiger partial charge is 0.341 e. The lowest BCUT2D eigenvalue weighted by Crippen LogP contribution is -2.09. The molecule has 0 aliphatic heterocycles. The average Bonchev–Trinajstić information content (AvgIpc) is 3.18. The summed E-state index contributed by atoms with van der Waals surface area (Å²) >= 11 is 4.81. The number of phenols is 1. The summed E-state index contributed by atoms with van der Waals surface area (Å²) in [5.74, 6) is 0.951. The molecule has 0 aliphatic carbocycles. The zero-order chi connectivity index (χ0) is 21.7. The Morgan fingerprint density at radius 3 is 2.60 bits per heavy atom. The third-order valence-corrected chi connectivity index (χ3v) is 5.88. The highest BCUT2D eigenvalue weighted by Gasteiger charge is 2.22. The predicted molar refractivity (Wildman–Crippen MR) is 122 cm³/mol. The summed E-state index contributed by atoms with van der Waals surface area (Å²) in [7, 11) is 3.14. The third-order valence-electron chi connectivity index (χ3n) is 4.45. The lowest BCUT2D eigenvalue weighted by atomic mass is 10.0. The fraction of sp³-hybridized carbons (Fsp3) is 0.227. The van der Waals surface area contributed by atoms with Gasteiger partial charge in [0.1, 0.15) is 16.3 Å². The van der Waals surface area contributed by atoms with Gasteiger partial charge in [0.15, 0.2) is 11.5 Å². The van der Waals surface area contributed by atoms with Gasteiger partial charge in [-0.15, -0.1) is 11.3 Å². The molecule has 0 unspecified atom stereocenters. The standard InChI is InChI=1S/C22H22BrNO5S/c1-4-29-22(26)20-16(13-5-8-18(27-2)19(10-13)28-3)12-30-21(20)24-11-14-9-15(23)6-7-17(14)25/h5-10,12,24-25H,4,11H2,1-3H3. The summed E-state index contributed by atoms with van der Waals surface area (Å²) in [6.07, 6.45) is 0. The van der Waals surface area contributed by atoms with E-state index in [0.29, 0.717) is 34.2 Å². The monoisotopic (exact) mass is 491 g/mol. The van der Waals surface area contributed by atoms with Crippen molar-refractivity contribution in [2.24, 2.45) is 0 Å². The molecular weight excluding hydrogens is 470 g/mol. The molecule has 3 rings (SSSR count). The number of methoxy groups -OCH3 is 2. The van der Waals surface area contributed by atoms with Crippen molar-refractivity contribution in [3.8, 4) is 28.4 Å². The summed E-state index contributed by atoms with van der Waals surface area (Å²) in [6.45, 7) is 2.39.